The fraction of sp³-hybridized carbons (Fsp3) is 0.0400. The molecule has 0 amide bonds. The third kappa shape index (κ3) is 4.73. The Morgan fingerprint density at radius 1 is 0.291 bits per heavy atom. The molecule has 0 spiro atoms. The van der Waals surface area contributed by atoms with Crippen molar-refractivity contribution in [3.8, 4) is 39.7 Å². The monoisotopic (exact) mass is 709 g/mol. The summed E-state index contributed by atoms with van der Waals surface area (Å²) in [5, 5.41) is 7.13. The quantitative estimate of drug-likeness (QED) is 0.172. The average molecular weight is 710 g/mol. The van der Waals surface area contributed by atoms with Crippen LogP contribution < -0.4 is 9.47 Å². The predicted octanol–water partition coefficient (Wildman–Crippen LogP) is 12.7. The van der Waals surface area contributed by atoms with Gasteiger partial charge in [0.15, 0.2) is 0 Å². The first kappa shape index (κ1) is 31.3. The van der Waals surface area contributed by atoms with Crippen LogP contribution in [0, 0.1) is 0 Å². The molecule has 0 aliphatic carbocycles. The van der Waals surface area contributed by atoms with E-state index in [9.17, 15) is 0 Å². The van der Waals surface area contributed by atoms with Gasteiger partial charge in [-0.05, 0) is 114 Å². The SMILES string of the molecule is COc1ccc2c(c1)c1cc(-c3ccc4c(c3)c3cc(OC)ccc3n4-c3ccc4c5ccccc5n(-c5ccccc5)c4c3)ccc1n2-c1ccccc1. The molecule has 0 radical (unpaired) electrons. The Labute approximate surface area is 317 Å². The van der Waals surface area contributed by atoms with E-state index in [1.807, 2.05) is 6.07 Å². The highest BCUT2D eigenvalue weighted by molar-refractivity contribution is 6.14. The van der Waals surface area contributed by atoms with E-state index < -0.39 is 0 Å². The number of nitrogens with zero attached hydrogens (tertiary/aromatic N) is 3. The van der Waals surface area contributed by atoms with Crippen LogP contribution in [0.4, 0.5) is 0 Å². The van der Waals surface area contributed by atoms with Gasteiger partial charge in [-0.3, -0.25) is 0 Å². The molecule has 11 rings (SSSR count). The van der Waals surface area contributed by atoms with Crippen LogP contribution in [-0.2, 0) is 0 Å². The number of fused-ring (bicyclic) bond motifs is 9. The number of para-hydroxylation sites is 3. The lowest BCUT2D eigenvalue weighted by Gasteiger charge is -2.11. The molecule has 0 aliphatic heterocycles. The van der Waals surface area contributed by atoms with Gasteiger partial charge < -0.3 is 23.2 Å². The Morgan fingerprint density at radius 3 is 1.25 bits per heavy atom. The van der Waals surface area contributed by atoms with Gasteiger partial charge >= 0.3 is 0 Å². The Hall–Kier alpha value is -7.24. The van der Waals surface area contributed by atoms with E-state index in [0.717, 1.165) is 72.5 Å². The lowest BCUT2D eigenvalue weighted by atomic mass is 10.0. The van der Waals surface area contributed by atoms with Gasteiger partial charge in [-0.2, -0.15) is 0 Å². The molecule has 0 fully saturated rings. The van der Waals surface area contributed by atoms with Crippen LogP contribution in [0.1, 0.15) is 0 Å². The molecule has 0 aliphatic rings. The summed E-state index contributed by atoms with van der Waals surface area (Å²) >= 11 is 0. The maximum atomic E-state index is 5.78. The van der Waals surface area contributed by atoms with Crippen LogP contribution in [0.3, 0.4) is 0 Å². The van der Waals surface area contributed by atoms with Gasteiger partial charge in [0, 0.05) is 49.4 Å². The summed E-state index contributed by atoms with van der Waals surface area (Å²) < 4.78 is 18.6. The van der Waals surface area contributed by atoms with Gasteiger partial charge in [0.1, 0.15) is 11.5 Å². The Balaban J connectivity index is 1.13. The molecular formula is C50H35N3O2. The minimum Gasteiger partial charge on any atom is -0.497 e. The van der Waals surface area contributed by atoms with E-state index in [2.05, 4.69) is 184 Å². The van der Waals surface area contributed by atoms with Crippen LogP contribution in [0.25, 0.3) is 93.6 Å². The largest absolute Gasteiger partial charge is 0.497 e. The first-order valence-corrected chi connectivity index (χ1v) is 18.6. The molecule has 262 valence electrons. The first-order valence-electron chi connectivity index (χ1n) is 18.6. The number of rotatable bonds is 6. The maximum absolute atomic E-state index is 5.78. The van der Waals surface area contributed by atoms with Gasteiger partial charge in [0.05, 0.1) is 47.3 Å². The molecule has 5 nitrogen and oxygen atoms in total. The average Bonchev–Trinajstić information content (AvgIpc) is 3.88. The highest BCUT2D eigenvalue weighted by Crippen LogP contribution is 2.41. The molecule has 11 aromatic rings. The lowest BCUT2D eigenvalue weighted by Crippen LogP contribution is -1.97. The number of methoxy groups -OCH3 is 2. The second kappa shape index (κ2) is 12.2. The standard InChI is InChI=1S/C50H35N3O2/c1-54-37-20-25-48-43(30-37)41-27-32(17-23-46(41)51(48)34-11-5-3-6-12-34)33-18-24-47-42(28-33)44-31-38(55-2)21-26-49(44)53(47)36-19-22-40-39-15-9-10-16-45(39)52(50(40)29-36)35-13-7-4-8-14-35/h3-31H,1-2H3. The van der Waals surface area contributed by atoms with Crippen LogP contribution in [-0.4, -0.2) is 27.9 Å². The van der Waals surface area contributed by atoms with E-state index in [1.165, 1.54) is 32.6 Å². The van der Waals surface area contributed by atoms with Crippen LogP contribution >= 0.6 is 0 Å². The van der Waals surface area contributed by atoms with Gasteiger partial charge in [-0.1, -0.05) is 72.8 Å². The highest BCUT2D eigenvalue weighted by Gasteiger charge is 2.19. The van der Waals surface area contributed by atoms with Crippen molar-refractivity contribution in [3.63, 3.8) is 0 Å². The summed E-state index contributed by atoms with van der Waals surface area (Å²) in [6.45, 7) is 0. The van der Waals surface area contributed by atoms with Gasteiger partial charge in [0.25, 0.3) is 0 Å². The van der Waals surface area contributed by atoms with E-state index >= 15 is 0 Å². The summed E-state index contributed by atoms with van der Waals surface area (Å²) in [4.78, 5) is 0. The fourth-order valence-corrected chi connectivity index (χ4v) is 8.70. The van der Waals surface area contributed by atoms with Gasteiger partial charge in [0.2, 0.25) is 0 Å². The molecule has 8 aromatic carbocycles. The molecule has 5 heteroatoms. The molecule has 0 N–H and O–H groups in total. The van der Waals surface area contributed by atoms with Crippen molar-refractivity contribution in [1.82, 2.24) is 13.7 Å². The number of hydrogen-bond acceptors (Lipinski definition) is 2. The minimum atomic E-state index is 0.834. The molecule has 0 atom stereocenters. The zero-order chi connectivity index (χ0) is 36.6. The van der Waals surface area contributed by atoms with Crippen molar-refractivity contribution < 1.29 is 9.47 Å². The Bertz CT molecular complexity index is 3280. The lowest BCUT2D eigenvalue weighted by molar-refractivity contribution is 0.415. The molecule has 0 saturated heterocycles. The number of hydrogen-bond donors (Lipinski definition) is 0. The Kier molecular flexibility index (Phi) is 6.92. The smallest absolute Gasteiger partial charge is 0.119 e. The minimum absolute atomic E-state index is 0.834. The molecule has 3 aromatic heterocycles. The number of ether oxygens (including phenoxy) is 2. The van der Waals surface area contributed by atoms with Crippen molar-refractivity contribution in [2.24, 2.45) is 0 Å². The molecular weight excluding hydrogens is 675 g/mol. The normalized spacial score (nSPS) is 11.8. The summed E-state index contributed by atoms with van der Waals surface area (Å²) in [5.74, 6) is 1.68. The molecule has 55 heavy (non-hydrogen) atoms. The van der Waals surface area contributed by atoms with E-state index in [0.29, 0.717) is 0 Å². The highest BCUT2D eigenvalue weighted by atomic mass is 16.5. The predicted molar refractivity (Wildman–Crippen MR) is 228 cm³/mol. The molecule has 0 saturated carbocycles. The summed E-state index contributed by atoms with van der Waals surface area (Å²) in [6.07, 6.45) is 0. The van der Waals surface area contributed by atoms with Crippen molar-refractivity contribution in [2.75, 3.05) is 14.2 Å². The molecule has 0 unspecified atom stereocenters. The molecule has 3 heterocycles. The third-order valence-electron chi connectivity index (χ3n) is 11.2. The maximum Gasteiger partial charge on any atom is 0.119 e. The van der Waals surface area contributed by atoms with E-state index in [-0.39, 0.29) is 0 Å². The van der Waals surface area contributed by atoms with Gasteiger partial charge in [-0.15, -0.1) is 0 Å². The van der Waals surface area contributed by atoms with Crippen molar-refractivity contribution in [2.45, 2.75) is 0 Å². The number of aromatic nitrogens is 3. The van der Waals surface area contributed by atoms with Crippen molar-refractivity contribution in [3.05, 3.63) is 176 Å². The summed E-state index contributed by atoms with van der Waals surface area (Å²) in [7, 11) is 3.46. The fourth-order valence-electron chi connectivity index (χ4n) is 8.70. The van der Waals surface area contributed by atoms with E-state index in [1.54, 1.807) is 14.2 Å². The third-order valence-corrected chi connectivity index (χ3v) is 11.2. The number of benzene rings is 8. The Morgan fingerprint density at radius 2 is 0.709 bits per heavy atom. The zero-order valence-electron chi connectivity index (χ0n) is 30.4. The second-order valence-corrected chi connectivity index (χ2v) is 14.1. The van der Waals surface area contributed by atoms with Crippen LogP contribution in [0.2, 0.25) is 0 Å². The van der Waals surface area contributed by atoms with Crippen molar-refractivity contribution in [1.29, 1.82) is 0 Å². The van der Waals surface area contributed by atoms with Crippen LogP contribution in [0.5, 0.6) is 11.5 Å². The summed E-state index contributed by atoms with van der Waals surface area (Å²) in [6, 6.07) is 63.2. The second-order valence-electron chi connectivity index (χ2n) is 14.1. The summed E-state index contributed by atoms with van der Waals surface area (Å²) in [5.41, 5.74) is 12.6. The van der Waals surface area contributed by atoms with Crippen LogP contribution in [0.15, 0.2) is 176 Å². The van der Waals surface area contributed by atoms with Gasteiger partial charge in [-0.25, -0.2) is 0 Å². The van der Waals surface area contributed by atoms with Crippen molar-refractivity contribution >= 4 is 65.4 Å². The zero-order valence-corrected chi connectivity index (χ0v) is 30.4. The van der Waals surface area contributed by atoms with E-state index in [4.69, 9.17) is 9.47 Å². The topological polar surface area (TPSA) is 33.2 Å². The molecule has 0 bridgehead atoms. The first-order chi connectivity index (χ1) is 27.2.